The average Bonchev–Trinajstić information content (AvgIpc) is 2.91. The van der Waals surface area contributed by atoms with Crippen LogP contribution in [-0.2, 0) is 4.79 Å². The topological polar surface area (TPSA) is 55.1 Å². The smallest absolute Gasteiger partial charge is 0.230 e. The van der Waals surface area contributed by atoms with Crippen LogP contribution in [0.3, 0.4) is 0 Å². The summed E-state index contributed by atoms with van der Waals surface area (Å²) in [5, 5.41) is 4.09. The molecule has 0 spiro atoms. The fourth-order valence-corrected chi connectivity index (χ4v) is 3.23. The van der Waals surface area contributed by atoms with Gasteiger partial charge in [-0.05, 0) is 32.0 Å². The first-order valence-electron chi connectivity index (χ1n) is 7.45. The molecule has 0 aliphatic carbocycles. The van der Waals surface area contributed by atoms with Gasteiger partial charge in [-0.25, -0.2) is 0 Å². The molecule has 5 heteroatoms. The van der Waals surface area contributed by atoms with Gasteiger partial charge in [0.15, 0.2) is 0 Å². The predicted octanol–water partition coefficient (Wildman–Crippen LogP) is 4.11. The van der Waals surface area contributed by atoms with E-state index >= 15 is 0 Å². The van der Waals surface area contributed by atoms with E-state index in [4.69, 9.17) is 4.42 Å². The minimum atomic E-state index is -0.159. The van der Waals surface area contributed by atoms with Crippen LogP contribution >= 0.6 is 11.8 Å². The quantitative estimate of drug-likeness (QED) is 0.717. The van der Waals surface area contributed by atoms with Crippen molar-refractivity contribution in [2.45, 2.75) is 24.8 Å². The first-order chi connectivity index (χ1) is 11.1. The number of carbonyl (C=O) groups excluding carboxylic acids is 1. The number of rotatable bonds is 5. The molecule has 0 bridgehead atoms. The number of nitrogens with zero attached hydrogens (tertiary/aromatic N) is 1. The number of hydrogen-bond donors (Lipinski definition) is 1. The van der Waals surface area contributed by atoms with Gasteiger partial charge in [0.1, 0.15) is 11.3 Å². The van der Waals surface area contributed by atoms with Crippen molar-refractivity contribution in [1.82, 2.24) is 10.3 Å². The van der Waals surface area contributed by atoms with Crippen molar-refractivity contribution < 1.29 is 9.21 Å². The van der Waals surface area contributed by atoms with E-state index in [1.807, 2.05) is 50.2 Å². The van der Waals surface area contributed by atoms with Gasteiger partial charge >= 0.3 is 0 Å². The zero-order chi connectivity index (χ0) is 16.2. The molecule has 4 nitrogen and oxygen atoms in total. The highest BCUT2D eigenvalue weighted by atomic mass is 32.2. The highest BCUT2D eigenvalue weighted by molar-refractivity contribution is 8.00. The van der Waals surface area contributed by atoms with Crippen LogP contribution in [0.5, 0.6) is 0 Å². The van der Waals surface area contributed by atoms with Crippen molar-refractivity contribution in [3.05, 3.63) is 60.1 Å². The molecule has 1 unspecified atom stereocenters. The Bertz CT molecular complexity index is 814. The number of thioether (sulfide) groups is 1. The van der Waals surface area contributed by atoms with Crippen molar-refractivity contribution in [3.8, 4) is 0 Å². The number of aromatic nitrogens is 1. The standard InChI is InChI=1S/C18H18N2O2S/c1-12-15-5-3-4-6-16(15)22-18(12)13(2)20-17(21)11-23-14-7-9-19-10-8-14/h3-10,13H,11H2,1-2H3,(H,20,21). The number of fused-ring (bicyclic) bond motifs is 1. The third-order valence-corrected chi connectivity index (χ3v) is 4.68. The van der Waals surface area contributed by atoms with Gasteiger partial charge in [0, 0.05) is 28.2 Å². The highest BCUT2D eigenvalue weighted by Gasteiger charge is 2.18. The van der Waals surface area contributed by atoms with E-state index in [0.29, 0.717) is 5.75 Å². The van der Waals surface area contributed by atoms with Gasteiger partial charge in [-0.3, -0.25) is 9.78 Å². The van der Waals surface area contributed by atoms with Crippen molar-refractivity contribution in [3.63, 3.8) is 0 Å². The summed E-state index contributed by atoms with van der Waals surface area (Å²) in [6, 6.07) is 11.5. The molecule has 2 heterocycles. The summed E-state index contributed by atoms with van der Waals surface area (Å²) in [6.45, 7) is 3.97. The summed E-state index contributed by atoms with van der Waals surface area (Å²) in [6.07, 6.45) is 3.45. The summed E-state index contributed by atoms with van der Waals surface area (Å²) < 4.78 is 5.89. The number of pyridine rings is 1. The van der Waals surface area contributed by atoms with E-state index in [9.17, 15) is 4.79 Å². The molecule has 2 aromatic heterocycles. The van der Waals surface area contributed by atoms with E-state index in [2.05, 4.69) is 10.3 Å². The molecule has 3 rings (SSSR count). The number of hydrogen-bond acceptors (Lipinski definition) is 4. The molecule has 3 aromatic rings. The van der Waals surface area contributed by atoms with Crippen LogP contribution in [0.4, 0.5) is 0 Å². The first-order valence-corrected chi connectivity index (χ1v) is 8.44. The molecule has 0 saturated heterocycles. The van der Waals surface area contributed by atoms with Crippen LogP contribution in [-0.4, -0.2) is 16.6 Å². The Labute approximate surface area is 139 Å². The van der Waals surface area contributed by atoms with Crippen molar-refractivity contribution in [2.24, 2.45) is 0 Å². The Balaban J connectivity index is 1.64. The molecular weight excluding hydrogens is 308 g/mol. The maximum atomic E-state index is 12.1. The molecule has 0 radical (unpaired) electrons. The molecule has 118 valence electrons. The van der Waals surface area contributed by atoms with E-state index < -0.39 is 0 Å². The van der Waals surface area contributed by atoms with Crippen molar-refractivity contribution in [1.29, 1.82) is 0 Å². The second-order valence-corrected chi connectivity index (χ2v) is 6.40. The van der Waals surface area contributed by atoms with Crippen LogP contribution in [0.15, 0.2) is 58.1 Å². The molecule has 0 aliphatic rings. The first kappa shape index (κ1) is 15.6. The average molecular weight is 326 g/mol. The third-order valence-electron chi connectivity index (χ3n) is 3.67. The van der Waals surface area contributed by atoms with Crippen molar-refractivity contribution >= 4 is 28.6 Å². The van der Waals surface area contributed by atoms with Crippen molar-refractivity contribution in [2.75, 3.05) is 5.75 Å². The molecule has 23 heavy (non-hydrogen) atoms. The van der Waals surface area contributed by atoms with Crippen LogP contribution in [0, 0.1) is 6.92 Å². The predicted molar refractivity (Wildman–Crippen MR) is 92.5 cm³/mol. The maximum Gasteiger partial charge on any atom is 0.230 e. The fourth-order valence-electron chi connectivity index (χ4n) is 2.54. The molecule has 1 atom stereocenters. The van der Waals surface area contributed by atoms with E-state index in [0.717, 1.165) is 27.2 Å². The molecule has 1 aromatic carbocycles. The Morgan fingerprint density at radius 1 is 1.26 bits per heavy atom. The van der Waals surface area contributed by atoms with Gasteiger partial charge in [-0.1, -0.05) is 18.2 Å². The number of amides is 1. The summed E-state index contributed by atoms with van der Waals surface area (Å²) in [4.78, 5) is 17.1. The van der Waals surface area contributed by atoms with Crippen LogP contribution < -0.4 is 5.32 Å². The van der Waals surface area contributed by atoms with Crippen LogP contribution in [0.2, 0.25) is 0 Å². The summed E-state index contributed by atoms with van der Waals surface area (Å²) in [5.74, 6) is 1.17. The number of furan rings is 1. The molecule has 1 amide bonds. The monoisotopic (exact) mass is 326 g/mol. The number of carbonyl (C=O) groups is 1. The highest BCUT2D eigenvalue weighted by Crippen LogP contribution is 2.29. The zero-order valence-electron chi connectivity index (χ0n) is 13.1. The maximum absolute atomic E-state index is 12.1. The second kappa shape index (κ2) is 6.87. The lowest BCUT2D eigenvalue weighted by Crippen LogP contribution is -2.28. The lowest BCUT2D eigenvalue weighted by atomic mass is 10.1. The lowest BCUT2D eigenvalue weighted by Gasteiger charge is -2.12. The van der Waals surface area contributed by atoms with Gasteiger partial charge in [0.05, 0.1) is 11.8 Å². The Morgan fingerprint density at radius 3 is 2.74 bits per heavy atom. The van der Waals surface area contributed by atoms with E-state index in [-0.39, 0.29) is 11.9 Å². The lowest BCUT2D eigenvalue weighted by molar-refractivity contribution is -0.119. The van der Waals surface area contributed by atoms with E-state index in [1.165, 1.54) is 11.8 Å². The summed E-state index contributed by atoms with van der Waals surface area (Å²) in [7, 11) is 0. The SMILES string of the molecule is Cc1c(C(C)NC(=O)CSc2ccncc2)oc2ccccc12. The van der Waals surface area contributed by atoms with Gasteiger partial charge in [-0.2, -0.15) is 0 Å². The normalized spacial score (nSPS) is 12.3. The zero-order valence-corrected chi connectivity index (χ0v) is 13.9. The third kappa shape index (κ3) is 3.56. The Kier molecular flexibility index (Phi) is 4.67. The number of benzene rings is 1. The Morgan fingerprint density at radius 2 is 2.00 bits per heavy atom. The summed E-state index contributed by atoms with van der Waals surface area (Å²) in [5.41, 5.74) is 1.93. The minimum absolute atomic E-state index is 0.0147. The number of para-hydroxylation sites is 1. The molecule has 1 N–H and O–H groups in total. The van der Waals surface area contributed by atoms with Gasteiger partial charge in [-0.15, -0.1) is 11.8 Å². The Hall–Kier alpha value is -2.27. The molecule has 0 aliphatic heterocycles. The molecule has 0 fully saturated rings. The fraction of sp³-hybridized carbons (Fsp3) is 0.222. The minimum Gasteiger partial charge on any atom is -0.459 e. The number of aryl methyl sites for hydroxylation is 1. The van der Waals surface area contributed by atoms with Crippen LogP contribution in [0.25, 0.3) is 11.0 Å². The van der Waals surface area contributed by atoms with Crippen LogP contribution in [0.1, 0.15) is 24.3 Å². The van der Waals surface area contributed by atoms with Gasteiger partial charge in [0.25, 0.3) is 0 Å². The van der Waals surface area contributed by atoms with Gasteiger partial charge in [0.2, 0.25) is 5.91 Å². The number of nitrogens with one attached hydrogen (secondary N) is 1. The second-order valence-electron chi connectivity index (χ2n) is 5.35. The molecule has 0 saturated carbocycles. The van der Waals surface area contributed by atoms with E-state index in [1.54, 1.807) is 12.4 Å². The van der Waals surface area contributed by atoms with Gasteiger partial charge < -0.3 is 9.73 Å². The molecular formula is C18H18N2O2S. The summed E-state index contributed by atoms with van der Waals surface area (Å²) >= 11 is 1.49. The largest absolute Gasteiger partial charge is 0.459 e.